The molecule has 3 aromatic rings. The Morgan fingerprint density at radius 2 is 1.88 bits per heavy atom. The van der Waals surface area contributed by atoms with Crippen molar-refractivity contribution < 1.29 is 8.78 Å². The minimum Gasteiger partial charge on any atom is -0.355 e. The van der Waals surface area contributed by atoms with E-state index in [-0.39, 0.29) is 0 Å². The van der Waals surface area contributed by atoms with Crippen LogP contribution >= 0.6 is 15.9 Å². The Labute approximate surface area is 157 Å². The molecule has 0 saturated carbocycles. The largest absolute Gasteiger partial charge is 0.355 e. The van der Waals surface area contributed by atoms with E-state index < -0.39 is 11.6 Å². The van der Waals surface area contributed by atoms with Gasteiger partial charge in [-0.05, 0) is 46.5 Å². The average Bonchev–Trinajstić information content (AvgIpc) is 2.93. The molecule has 134 valence electrons. The Kier molecular flexibility index (Phi) is 4.44. The molecule has 0 atom stereocenters. The molecule has 0 bridgehead atoms. The predicted molar refractivity (Wildman–Crippen MR) is 99.8 cm³/mol. The first-order valence-corrected chi connectivity index (χ1v) is 9.05. The topological polar surface area (TPSA) is 46.8 Å². The van der Waals surface area contributed by atoms with Crippen LogP contribution in [-0.2, 0) is 7.05 Å². The van der Waals surface area contributed by atoms with Crippen LogP contribution in [0.15, 0.2) is 34.7 Å². The number of benzene rings is 1. The highest BCUT2D eigenvalue weighted by Gasteiger charge is 2.21. The van der Waals surface area contributed by atoms with Crippen molar-refractivity contribution in [1.82, 2.24) is 19.7 Å². The number of piperidine rings is 1. The summed E-state index contributed by atoms with van der Waals surface area (Å²) in [4.78, 5) is 11.0. The van der Waals surface area contributed by atoms with Gasteiger partial charge in [0.25, 0.3) is 0 Å². The summed E-state index contributed by atoms with van der Waals surface area (Å²) in [5.41, 5.74) is 2.68. The Balaban J connectivity index is 1.55. The van der Waals surface area contributed by atoms with Crippen LogP contribution in [0.25, 0.3) is 17.1 Å². The van der Waals surface area contributed by atoms with E-state index in [1.54, 1.807) is 17.1 Å². The molecule has 0 unspecified atom stereocenters. The molecule has 0 amide bonds. The maximum atomic E-state index is 13.4. The minimum absolute atomic E-state index is 0.687. The van der Waals surface area contributed by atoms with Crippen LogP contribution in [-0.4, -0.2) is 32.8 Å². The Hall–Kier alpha value is -2.35. The van der Waals surface area contributed by atoms with Crippen LogP contribution < -0.4 is 4.90 Å². The maximum Gasteiger partial charge on any atom is 0.164 e. The zero-order valence-corrected chi connectivity index (χ0v) is 15.7. The summed E-state index contributed by atoms with van der Waals surface area (Å²) in [5, 5.41) is 5.26. The van der Waals surface area contributed by atoms with Crippen LogP contribution in [0.2, 0.25) is 0 Å². The highest BCUT2D eigenvalue weighted by atomic mass is 79.9. The first kappa shape index (κ1) is 17.1. The third kappa shape index (κ3) is 3.09. The first-order valence-electron chi connectivity index (χ1n) is 8.25. The summed E-state index contributed by atoms with van der Waals surface area (Å²) in [6.45, 7) is 1.59. The van der Waals surface area contributed by atoms with Gasteiger partial charge < -0.3 is 4.90 Å². The molecular formula is C18H16BrF2N5. The van der Waals surface area contributed by atoms with Crippen molar-refractivity contribution in [3.8, 4) is 0 Å². The van der Waals surface area contributed by atoms with E-state index in [0.29, 0.717) is 5.56 Å². The van der Waals surface area contributed by atoms with E-state index in [1.807, 2.05) is 13.1 Å². The maximum absolute atomic E-state index is 13.4. The van der Waals surface area contributed by atoms with E-state index in [2.05, 4.69) is 35.9 Å². The lowest BCUT2D eigenvalue weighted by Crippen LogP contribution is -2.31. The first-order chi connectivity index (χ1) is 12.5. The number of aryl methyl sites for hydroxylation is 1. The van der Waals surface area contributed by atoms with Crippen LogP contribution in [0.3, 0.4) is 0 Å². The summed E-state index contributed by atoms with van der Waals surface area (Å²) in [6.07, 6.45) is 5.17. The van der Waals surface area contributed by atoms with E-state index >= 15 is 0 Å². The minimum atomic E-state index is -0.822. The fourth-order valence-electron chi connectivity index (χ4n) is 3.25. The number of aromatic nitrogens is 4. The zero-order chi connectivity index (χ0) is 18.3. The fourth-order valence-corrected chi connectivity index (χ4v) is 3.85. The number of rotatable bonds is 2. The molecular weight excluding hydrogens is 404 g/mol. The summed E-state index contributed by atoms with van der Waals surface area (Å²) in [7, 11) is 1.85. The monoisotopic (exact) mass is 419 g/mol. The standard InChI is InChI=1S/C18H16BrF2N5/c1-25-17-15(16(19)24-25)18(23-10-22-17)26-6-4-11(5-7-26)8-12-2-3-13(20)14(21)9-12/h2-3,8-10H,4-7H2,1H3. The zero-order valence-electron chi connectivity index (χ0n) is 14.1. The molecule has 2 aromatic heterocycles. The second-order valence-corrected chi connectivity index (χ2v) is 7.02. The molecule has 3 heterocycles. The third-order valence-electron chi connectivity index (χ3n) is 4.58. The van der Waals surface area contributed by atoms with E-state index in [0.717, 1.165) is 53.5 Å². The van der Waals surface area contributed by atoms with Crippen LogP contribution in [0.1, 0.15) is 18.4 Å². The van der Waals surface area contributed by atoms with Crippen molar-refractivity contribution in [3.63, 3.8) is 0 Å². The lowest BCUT2D eigenvalue weighted by molar-refractivity contribution is 0.508. The summed E-state index contributed by atoms with van der Waals surface area (Å²) in [5.74, 6) is -0.778. The van der Waals surface area contributed by atoms with Gasteiger partial charge in [-0.2, -0.15) is 5.10 Å². The van der Waals surface area contributed by atoms with Crippen molar-refractivity contribution in [2.75, 3.05) is 18.0 Å². The van der Waals surface area contributed by atoms with Gasteiger partial charge in [0.05, 0.1) is 5.39 Å². The van der Waals surface area contributed by atoms with Gasteiger partial charge in [0.1, 0.15) is 16.7 Å². The van der Waals surface area contributed by atoms with E-state index in [4.69, 9.17) is 0 Å². The van der Waals surface area contributed by atoms with Gasteiger partial charge >= 0.3 is 0 Å². The number of hydrogen-bond donors (Lipinski definition) is 0. The van der Waals surface area contributed by atoms with Crippen molar-refractivity contribution in [3.05, 3.63) is 51.9 Å². The number of halogens is 3. The number of fused-ring (bicyclic) bond motifs is 1. The highest BCUT2D eigenvalue weighted by molar-refractivity contribution is 9.10. The molecule has 8 heteroatoms. The molecule has 0 radical (unpaired) electrons. The van der Waals surface area contributed by atoms with Gasteiger partial charge in [-0.15, -0.1) is 0 Å². The molecule has 0 N–H and O–H groups in total. The number of hydrogen-bond acceptors (Lipinski definition) is 4. The Morgan fingerprint density at radius 3 is 2.62 bits per heavy atom. The number of anilines is 1. The van der Waals surface area contributed by atoms with Gasteiger partial charge in [0.15, 0.2) is 17.3 Å². The molecule has 1 aliphatic heterocycles. The fraction of sp³-hybridized carbons (Fsp3) is 0.278. The molecule has 0 spiro atoms. The number of nitrogens with zero attached hydrogens (tertiary/aromatic N) is 5. The summed E-state index contributed by atoms with van der Waals surface area (Å²) >= 11 is 3.49. The van der Waals surface area contributed by atoms with Crippen LogP contribution in [0, 0.1) is 11.6 Å². The lowest BCUT2D eigenvalue weighted by atomic mass is 10.0. The quantitative estimate of drug-likeness (QED) is 0.627. The predicted octanol–water partition coefficient (Wildman–Crippen LogP) is 4.09. The van der Waals surface area contributed by atoms with Crippen LogP contribution in [0.5, 0.6) is 0 Å². The molecule has 26 heavy (non-hydrogen) atoms. The molecule has 1 fully saturated rings. The van der Waals surface area contributed by atoms with Crippen LogP contribution in [0.4, 0.5) is 14.6 Å². The SMILES string of the molecule is Cn1nc(Br)c2c(N3CCC(=Cc4ccc(F)c(F)c4)CC3)ncnc21. The second-order valence-electron chi connectivity index (χ2n) is 6.27. The Morgan fingerprint density at radius 1 is 1.12 bits per heavy atom. The van der Waals surface area contributed by atoms with Crippen molar-refractivity contribution in [2.24, 2.45) is 7.05 Å². The summed E-state index contributed by atoms with van der Waals surface area (Å²) in [6, 6.07) is 3.99. The summed E-state index contributed by atoms with van der Waals surface area (Å²) < 4.78 is 28.9. The molecule has 0 aliphatic carbocycles. The van der Waals surface area contributed by atoms with Gasteiger partial charge in [0, 0.05) is 20.1 Å². The van der Waals surface area contributed by atoms with Gasteiger partial charge in [-0.25, -0.2) is 23.4 Å². The van der Waals surface area contributed by atoms with E-state index in [1.165, 1.54) is 11.6 Å². The molecule has 1 aliphatic rings. The van der Waals surface area contributed by atoms with Crippen molar-refractivity contribution in [2.45, 2.75) is 12.8 Å². The van der Waals surface area contributed by atoms with Gasteiger partial charge in [-0.1, -0.05) is 17.7 Å². The smallest absolute Gasteiger partial charge is 0.164 e. The van der Waals surface area contributed by atoms with Gasteiger partial charge in [-0.3, -0.25) is 0 Å². The highest BCUT2D eigenvalue weighted by Crippen LogP contribution is 2.32. The lowest BCUT2D eigenvalue weighted by Gasteiger charge is -2.29. The second kappa shape index (κ2) is 6.75. The third-order valence-corrected chi connectivity index (χ3v) is 5.13. The van der Waals surface area contributed by atoms with E-state index in [9.17, 15) is 8.78 Å². The van der Waals surface area contributed by atoms with Gasteiger partial charge in [0.2, 0.25) is 0 Å². The molecule has 1 saturated heterocycles. The normalized spacial score (nSPS) is 14.9. The Bertz CT molecular complexity index is 1000. The molecule has 1 aromatic carbocycles. The average molecular weight is 420 g/mol. The van der Waals surface area contributed by atoms with Crippen molar-refractivity contribution in [1.29, 1.82) is 0 Å². The molecule has 4 rings (SSSR count). The molecule has 5 nitrogen and oxygen atoms in total. The van der Waals surface area contributed by atoms with Crippen molar-refractivity contribution >= 4 is 38.9 Å².